The molecule has 1 fully saturated rings. The molecule has 0 bridgehead atoms. The molecule has 1 aromatic heterocycles. The van der Waals surface area contributed by atoms with Gasteiger partial charge in [-0.05, 0) is 26.0 Å². The summed E-state index contributed by atoms with van der Waals surface area (Å²) >= 11 is 11.8. The lowest BCUT2D eigenvalue weighted by atomic mass is 9.89. The second-order valence-electron chi connectivity index (χ2n) is 4.97. The number of hydrogen-bond acceptors (Lipinski definition) is 3. The number of hydrogen-bond donors (Lipinski definition) is 1. The number of carbonyl (C=O) groups excluding carboxylic acids is 1. The molecule has 1 aliphatic heterocycles. The van der Waals surface area contributed by atoms with Crippen LogP contribution >= 0.6 is 23.2 Å². The van der Waals surface area contributed by atoms with Crippen LogP contribution in [0.5, 0.6) is 0 Å². The summed E-state index contributed by atoms with van der Waals surface area (Å²) in [6.45, 7) is 4.04. The van der Waals surface area contributed by atoms with Gasteiger partial charge >= 0.3 is 0 Å². The fourth-order valence-electron chi connectivity index (χ4n) is 2.19. The molecule has 6 heteroatoms. The highest BCUT2D eigenvalue weighted by Crippen LogP contribution is 2.31. The Morgan fingerprint density at radius 2 is 2.28 bits per heavy atom. The zero-order valence-corrected chi connectivity index (χ0v) is 11.6. The van der Waals surface area contributed by atoms with Crippen LogP contribution in [0.2, 0.25) is 10.3 Å². The molecular formula is C12H15Cl2N3O. The van der Waals surface area contributed by atoms with Gasteiger partial charge in [-0.15, -0.1) is 0 Å². The molecule has 0 saturated carbocycles. The average molecular weight is 288 g/mol. The monoisotopic (exact) mass is 287 g/mol. The van der Waals surface area contributed by atoms with Gasteiger partial charge in [-0.2, -0.15) is 0 Å². The summed E-state index contributed by atoms with van der Waals surface area (Å²) in [5, 5.41) is 0.794. The number of amides is 1. The van der Waals surface area contributed by atoms with Gasteiger partial charge in [0, 0.05) is 18.7 Å². The second-order valence-corrected chi connectivity index (χ2v) is 5.71. The Morgan fingerprint density at radius 1 is 1.56 bits per heavy atom. The number of rotatable bonds is 3. The van der Waals surface area contributed by atoms with Gasteiger partial charge in [-0.3, -0.25) is 9.69 Å². The largest absolute Gasteiger partial charge is 0.369 e. The average Bonchev–Trinajstić information content (AvgIpc) is 2.66. The van der Waals surface area contributed by atoms with E-state index >= 15 is 0 Å². The summed E-state index contributed by atoms with van der Waals surface area (Å²) in [5.41, 5.74) is 5.89. The van der Waals surface area contributed by atoms with Gasteiger partial charge in [0.05, 0.1) is 5.41 Å². The minimum atomic E-state index is -0.438. The van der Waals surface area contributed by atoms with E-state index in [2.05, 4.69) is 9.88 Å². The number of likely N-dealkylation sites (tertiary alicyclic amines) is 1. The zero-order valence-electron chi connectivity index (χ0n) is 10.1. The maximum Gasteiger partial charge on any atom is 0.224 e. The summed E-state index contributed by atoms with van der Waals surface area (Å²) in [6.07, 6.45) is 0.779. The first-order chi connectivity index (χ1) is 8.40. The van der Waals surface area contributed by atoms with Crippen molar-refractivity contribution >= 4 is 29.1 Å². The molecule has 1 atom stereocenters. The smallest absolute Gasteiger partial charge is 0.224 e. The summed E-state index contributed by atoms with van der Waals surface area (Å²) in [4.78, 5) is 17.5. The van der Waals surface area contributed by atoms with Crippen molar-refractivity contribution < 1.29 is 4.79 Å². The van der Waals surface area contributed by atoms with Gasteiger partial charge in [0.15, 0.2) is 0 Å². The predicted molar refractivity (Wildman–Crippen MR) is 71.5 cm³/mol. The third-order valence-electron chi connectivity index (χ3n) is 3.43. The van der Waals surface area contributed by atoms with E-state index < -0.39 is 5.41 Å². The molecule has 98 valence electrons. The van der Waals surface area contributed by atoms with Crippen LogP contribution in [0.25, 0.3) is 0 Å². The first kappa shape index (κ1) is 13.6. The first-order valence-corrected chi connectivity index (χ1v) is 6.49. The van der Waals surface area contributed by atoms with Gasteiger partial charge in [0.1, 0.15) is 10.3 Å². The number of nitrogens with zero attached hydrogens (tertiary/aromatic N) is 2. The Morgan fingerprint density at radius 3 is 2.83 bits per heavy atom. The quantitative estimate of drug-likeness (QED) is 0.866. The SMILES string of the molecule is CC1(C(N)=O)CCN(Cc2ccc(Cl)nc2Cl)C1. The lowest BCUT2D eigenvalue weighted by molar-refractivity contribution is -0.126. The van der Waals surface area contributed by atoms with Crippen LogP contribution < -0.4 is 5.73 Å². The van der Waals surface area contributed by atoms with E-state index in [9.17, 15) is 4.79 Å². The van der Waals surface area contributed by atoms with E-state index in [4.69, 9.17) is 28.9 Å². The van der Waals surface area contributed by atoms with Gasteiger partial charge in [0.2, 0.25) is 5.91 Å². The van der Waals surface area contributed by atoms with E-state index in [0.717, 1.165) is 18.5 Å². The summed E-state index contributed by atoms with van der Waals surface area (Å²) in [7, 11) is 0. The summed E-state index contributed by atoms with van der Waals surface area (Å²) < 4.78 is 0. The summed E-state index contributed by atoms with van der Waals surface area (Å²) in [5.74, 6) is -0.245. The molecule has 1 amide bonds. The standard InChI is InChI=1S/C12H15Cl2N3O/c1-12(11(15)18)4-5-17(7-12)6-8-2-3-9(13)16-10(8)14/h2-3H,4-7H2,1H3,(H2,15,18). The normalized spacial score (nSPS) is 24.4. The fraction of sp³-hybridized carbons (Fsp3) is 0.500. The summed E-state index contributed by atoms with van der Waals surface area (Å²) in [6, 6.07) is 3.57. The van der Waals surface area contributed by atoms with Crippen molar-refractivity contribution in [2.75, 3.05) is 13.1 Å². The van der Waals surface area contributed by atoms with E-state index in [1.165, 1.54) is 0 Å². The molecule has 2 N–H and O–H groups in total. The van der Waals surface area contributed by atoms with Gasteiger partial charge in [0.25, 0.3) is 0 Å². The predicted octanol–water partition coefficient (Wildman–Crippen LogP) is 2.09. The second kappa shape index (κ2) is 5.03. The molecule has 1 aliphatic rings. The van der Waals surface area contributed by atoms with Crippen LogP contribution in [0.3, 0.4) is 0 Å². The highest BCUT2D eigenvalue weighted by Gasteiger charge is 2.38. The molecule has 0 spiro atoms. The maximum absolute atomic E-state index is 11.4. The van der Waals surface area contributed by atoms with Crippen molar-refractivity contribution in [2.45, 2.75) is 19.9 Å². The van der Waals surface area contributed by atoms with Crippen LogP contribution in [-0.2, 0) is 11.3 Å². The Labute approximate surface area is 116 Å². The molecule has 1 unspecified atom stereocenters. The van der Waals surface area contributed by atoms with Crippen molar-refractivity contribution in [1.29, 1.82) is 0 Å². The number of halogens is 2. The molecule has 18 heavy (non-hydrogen) atoms. The Balaban J connectivity index is 2.06. The molecule has 2 heterocycles. The van der Waals surface area contributed by atoms with E-state index in [-0.39, 0.29) is 5.91 Å². The van der Waals surface area contributed by atoms with Crippen molar-refractivity contribution in [3.05, 3.63) is 28.0 Å². The molecule has 0 radical (unpaired) electrons. The molecule has 0 aromatic carbocycles. The van der Waals surface area contributed by atoms with E-state index in [1.807, 2.05) is 13.0 Å². The van der Waals surface area contributed by atoms with Crippen LogP contribution in [0.15, 0.2) is 12.1 Å². The molecule has 2 rings (SSSR count). The van der Waals surface area contributed by atoms with Crippen LogP contribution in [0.4, 0.5) is 0 Å². The van der Waals surface area contributed by atoms with Crippen molar-refractivity contribution in [3.63, 3.8) is 0 Å². The number of aromatic nitrogens is 1. The fourth-order valence-corrected chi connectivity index (χ4v) is 2.60. The Bertz CT molecular complexity index is 480. The lowest BCUT2D eigenvalue weighted by Crippen LogP contribution is -2.36. The van der Waals surface area contributed by atoms with Crippen LogP contribution in [0, 0.1) is 5.41 Å². The minimum absolute atomic E-state index is 0.245. The van der Waals surface area contributed by atoms with Crippen molar-refractivity contribution in [1.82, 2.24) is 9.88 Å². The first-order valence-electron chi connectivity index (χ1n) is 5.74. The maximum atomic E-state index is 11.4. The molecule has 1 saturated heterocycles. The molecule has 1 aromatic rings. The molecule has 0 aliphatic carbocycles. The number of primary amides is 1. The third-order valence-corrected chi connectivity index (χ3v) is 3.97. The van der Waals surface area contributed by atoms with Gasteiger partial charge < -0.3 is 5.73 Å². The Kier molecular flexibility index (Phi) is 3.80. The van der Waals surface area contributed by atoms with Gasteiger partial charge in [-0.25, -0.2) is 4.98 Å². The number of nitrogens with two attached hydrogens (primary N) is 1. The highest BCUT2D eigenvalue weighted by atomic mass is 35.5. The highest BCUT2D eigenvalue weighted by molar-refractivity contribution is 6.32. The van der Waals surface area contributed by atoms with E-state index in [1.54, 1.807) is 6.07 Å². The molecule has 4 nitrogen and oxygen atoms in total. The van der Waals surface area contributed by atoms with Crippen molar-refractivity contribution in [3.8, 4) is 0 Å². The number of pyridine rings is 1. The third kappa shape index (κ3) is 2.76. The van der Waals surface area contributed by atoms with E-state index in [0.29, 0.717) is 23.4 Å². The molecular weight excluding hydrogens is 273 g/mol. The minimum Gasteiger partial charge on any atom is -0.369 e. The lowest BCUT2D eigenvalue weighted by Gasteiger charge is -2.21. The Hall–Kier alpha value is -0.840. The topological polar surface area (TPSA) is 59.2 Å². The van der Waals surface area contributed by atoms with Crippen LogP contribution in [-0.4, -0.2) is 28.9 Å². The van der Waals surface area contributed by atoms with Crippen LogP contribution in [0.1, 0.15) is 18.9 Å². The van der Waals surface area contributed by atoms with Crippen molar-refractivity contribution in [2.24, 2.45) is 11.1 Å². The van der Waals surface area contributed by atoms with Gasteiger partial charge in [-0.1, -0.05) is 29.3 Å². The zero-order chi connectivity index (χ0) is 13.3. The number of carbonyl (C=O) groups is 1.